The van der Waals surface area contributed by atoms with Crippen molar-refractivity contribution in [3.05, 3.63) is 11.5 Å². The van der Waals surface area contributed by atoms with Gasteiger partial charge in [-0.3, -0.25) is 4.79 Å². The summed E-state index contributed by atoms with van der Waals surface area (Å²) >= 11 is 5.79. The third kappa shape index (κ3) is 2.97. The molecule has 2 rings (SSSR count). The van der Waals surface area contributed by atoms with E-state index in [2.05, 4.69) is 15.3 Å². The molecule has 0 unspecified atom stereocenters. The van der Waals surface area contributed by atoms with E-state index in [1.165, 1.54) is 6.33 Å². The highest BCUT2D eigenvalue weighted by Gasteiger charge is 2.24. The van der Waals surface area contributed by atoms with Crippen LogP contribution < -0.4 is 16.0 Å². The van der Waals surface area contributed by atoms with Crippen LogP contribution in [0.2, 0.25) is 5.15 Å². The van der Waals surface area contributed by atoms with Crippen LogP contribution in [0.3, 0.4) is 0 Å². The highest BCUT2D eigenvalue weighted by atomic mass is 35.5. The van der Waals surface area contributed by atoms with Crippen molar-refractivity contribution in [3.8, 4) is 0 Å². The number of halogens is 1. The number of aromatic nitrogens is 2. The Labute approximate surface area is 104 Å². The number of nitrogens with two attached hydrogens (primary N) is 1. The predicted octanol–water partition coefficient (Wildman–Crippen LogP) is 0.427. The number of rotatable bonds is 4. The normalized spacial score (nSPS) is 14.5. The monoisotopic (exact) mass is 255 g/mol. The number of amides is 1. The minimum Gasteiger partial charge on any atom is -0.393 e. The SMILES string of the molecule is CN(CC(=O)NC1CC1)c1ncnc(Cl)c1N. The molecule has 0 saturated heterocycles. The van der Waals surface area contributed by atoms with Crippen molar-refractivity contribution < 1.29 is 4.79 Å². The fraction of sp³-hybridized carbons (Fsp3) is 0.500. The molecule has 0 aliphatic heterocycles. The van der Waals surface area contributed by atoms with E-state index in [0.29, 0.717) is 11.9 Å². The van der Waals surface area contributed by atoms with Crippen LogP contribution in [0.1, 0.15) is 12.8 Å². The number of hydrogen-bond donors (Lipinski definition) is 2. The first kappa shape index (κ1) is 11.9. The predicted molar refractivity (Wildman–Crippen MR) is 65.9 cm³/mol. The first-order valence-electron chi connectivity index (χ1n) is 5.34. The molecular weight excluding hydrogens is 242 g/mol. The molecule has 3 N–H and O–H groups in total. The standard InChI is InChI=1S/C10H14ClN5O/c1-16(4-7(17)15-6-2-3-6)10-8(12)9(11)13-5-14-10/h5-6H,2-4,12H2,1H3,(H,15,17). The molecule has 7 heteroatoms. The van der Waals surface area contributed by atoms with Gasteiger partial charge >= 0.3 is 0 Å². The number of anilines is 2. The van der Waals surface area contributed by atoms with Crippen molar-refractivity contribution in [2.45, 2.75) is 18.9 Å². The van der Waals surface area contributed by atoms with Crippen molar-refractivity contribution in [2.24, 2.45) is 0 Å². The Morgan fingerprint density at radius 3 is 3.00 bits per heavy atom. The fourth-order valence-electron chi connectivity index (χ4n) is 1.46. The van der Waals surface area contributed by atoms with Gasteiger partial charge in [-0.1, -0.05) is 11.6 Å². The molecule has 1 fully saturated rings. The maximum Gasteiger partial charge on any atom is 0.239 e. The summed E-state index contributed by atoms with van der Waals surface area (Å²) in [7, 11) is 1.74. The van der Waals surface area contributed by atoms with Gasteiger partial charge in [-0.15, -0.1) is 0 Å². The van der Waals surface area contributed by atoms with Crippen LogP contribution in [-0.4, -0.2) is 35.5 Å². The lowest BCUT2D eigenvalue weighted by Gasteiger charge is -2.19. The molecule has 0 aromatic carbocycles. The van der Waals surface area contributed by atoms with Gasteiger partial charge in [0.1, 0.15) is 12.0 Å². The Balaban J connectivity index is 2.00. The van der Waals surface area contributed by atoms with Gasteiger partial charge in [0, 0.05) is 13.1 Å². The maximum atomic E-state index is 11.6. The van der Waals surface area contributed by atoms with Gasteiger partial charge in [-0.2, -0.15) is 0 Å². The van der Waals surface area contributed by atoms with Gasteiger partial charge in [-0.05, 0) is 12.8 Å². The van der Waals surface area contributed by atoms with Crippen LogP contribution in [0.25, 0.3) is 0 Å². The summed E-state index contributed by atoms with van der Waals surface area (Å²) in [5.41, 5.74) is 6.03. The first-order chi connectivity index (χ1) is 8.08. The summed E-state index contributed by atoms with van der Waals surface area (Å²) < 4.78 is 0. The fourth-order valence-corrected chi connectivity index (χ4v) is 1.59. The Morgan fingerprint density at radius 2 is 2.35 bits per heavy atom. The van der Waals surface area contributed by atoms with Crippen molar-refractivity contribution >= 4 is 29.0 Å². The van der Waals surface area contributed by atoms with Crippen LogP contribution in [0.5, 0.6) is 0 Å². The van der Waals surface area contributed by atoms with E-state index in [0.717, 1.165) is 12.8 Å². The highest BCUT2D eigenvalue weighted by Crippen LogP contribution is 2.24. The second-order valence-corrected chi connectivity index (χ2v) is 4.46. The number of carbonyl (C=O) groups is 1. The molecule has 1 aromatic heterocycles. The Bertz CT molecular complexity index is 435. The van der Waals surface area contributed by atoms with Crippen LogP contribution in [0.15, 0.2) is 6.33 Å². The molecular formula is C10H14ClN5O. The summed E-state index contributed by atoms with van der Waals surface area (Å²) in [5.74, 6) is 0.431. The van der Waals surface area contributed by atoms with Crippen LogP contribution >= 0.6 is 11.6 Å². The number of nitrogen functional groups attached to an aromatic ring is 1. The van der Waals surface area contributed by atoms with Gasteiger partial charge < -0.3 is 16.0 Å². The van der Waals surface area contributed by atoms with Crippen LogP contribution in [0.4, 0.5) is 11.5 Å². The average Bonchev–Trinajstić information content (AvgIpc) is 3.05. The number of nitrogens with one attached hydrogen (secondary N) is 1. The van der Waals surface area contributed by atoms with Gasteiger partial charge in [0.15, 0.2) is 11.0 Å². The molecule has 0 bridgehead atoms. The number of likely N-dealkylation sites (N-methyl/N-ethyl adjacent to an activating group) is 1. The lowest BCUT2D eigenvalue weighted by atomic mass is 10.4. The second kappa shape index (κ2) is 4.75. The minimum atomic E-state index is -0.0378. The van der Waals surface area contributed by atoms with E-state index >= 15 is 0 Å². The molecule has 1 heterocycles. The lowest BCUT2D eigenvalue weighted by Crippen LogP contribution is -2.36. The van der Waals surface area contributed by atoms with E-state index < -0.39 is 0 Å². The summed E-state index contributed by atoms with van der Waals surface area (Å²) in [6.45, 7) is 0.202. The summed E-state index contributed by atoms with van der Waals surface area (Å²) in [5, 5.41) is 3.09. The number of hydrogen-bond acceptors (Lipinski definition) is 5. The number of carbonyl (C=O) groups excluding carboxylic acids is 1. The van der Waals surface area contributed by atoms with Gasteiger partial charge in [0.25, 0.3) is 0 Å². The minimum absolute atomic E-state index is 0.0378. The maximum absolute atomic E-state index is 11.6. The van der Waals surface area contributed by atoms with E-state index in [1.807, 2.05) is 0 Å². The molecule has 1 saturated carbocycles. The van der Waals surface area contributed by atoms with E-state index in [-0.39, 0.29) is 23.3 Å². The van der Waals surface area contributed by atoms with Crippen molar-refractivity contribution in [1.82, 2.24) is 15.3 Å². The van der Waals surface area contributed by atoms with Gasteiger partial charge in [0.2, 0.25) is 5.91 Å². The largest absolute Gasteiger partial charge is 0.393 e. The zero-order chi connectivity index (χ0) is 12.4. The van der Waals surface area contributed by atoms with Gasteiger partial charge in [-0.25, -0.2) is 9.97 Å². The summed E-state index contributed by atoms with van der Waals surface area (Å²) in [4.78, 5) is 21.0. The highest BCUT2D eigenvalue weighted by molar-refractivity contribution is 6.32. The molecule has 1 aromatic rings. The van der Waals surface area contributed by atoms with Crippen molar-refractivity contribution in [1.29, 1.82) is 0 Å². The number of nitrogens with zero attached hydrogens (tertiary/aromatic N) is 3. The van der Waals surface area contributed by atoms with Crippen LogP contribution in [-0.2, 0) is 4.79 Å². The van der Waals surface area contributed by atoms with E-state index in [4.69, 9.17) is 17.3 Å². The molecule has 1 aliphatic rings. The van der Waals surface area contributed by atoms with Crippen molar-refractivity contribution in [3.63, 3.8) is 0 Å². The molecule has 0 spiro atoms. The zero-order valence-corrected chi connectivity index (χ0v) is 10.2. The van der Waals surface area contributed by atoms with Gasteiger partial charge in [0.05, 0.1) is 6.54 Å². The molecule has 6 nitrogen and oxygen atoms in total. The second-order valence-electron chi connectivity index (χ2n) is 4.10. The molecule has 1 amide bonds. The molecule has 17 heavy (non-hydrogen) atoms. The smallest absolute Gasteiger partial charge is 0.239 e. The Kier molecular flexibility index (Phi) is 3.33. The molecule has 0 atom stereocenters. The first-order valence-corrected chi connectivity index (χ1v) is 5.72. The van der Waals surface area contributed by atoms with Crippen molar-refractivity contribution in [2.75, 3.05) is 24.2 Å². The van der Waals surface area contributed by atoms with Crippen LogP contribution in [0, 0.1) is 0 Å². The molecule has 0 radical (unpaired) electrons. The Morgan fingerprint density at radius 1 is 1.65 bits per heavy atom. The summed E-state index contributed by atoms with van der Waals surface area (Å²) in [6, 6.07) is 0.349. The molecule has 92 valence electrons. The third-order valence-electron chi connectivity index (χ3n) is 2.50. The Hall–Kier alpha value is -1.56. The third-order valence-corrected chi connectivity index (χ3v) is 2.80. The van der Waals surface area contributed by atoms with E-state index in [9.17, 15) is 4.79 Å². The lowest BCUT2D eigenvalue weighted by molar-refractivity contribution is -0.119. The van der Waals surface area contributed by atoms with E-state index in [1.54, 1.807) is 11.9 Å². The topological polar surface area (TPSA) is 84.1 Å². The summed E-state index contributed by atoms with van der Waals surface area (Å²) in [6.07, 6.45) is 3.46. The quantitative estimate of drug-likeness (QED) is 0.762. The zero-order valence-electron chi connectivity index (χ0n) is 9.48. The molecule has 1 aliphatic carbocycles. The average molecular weight is 256 g/mol.